The molecule has 0 aliphatic rings. The minimum Gasteiger partial charge on any atom is -0.204 e. The third-order valence-electron chi connectivity index (χ3n) is 5.18. The average Bonchev–Trinajstić information content (AvgIpc) is 2.76. The highest BCUT2D eigenvalue weighted by Crippen LogP contribution is 2.20. The Balaban J connectivity index is 1.75. The predicted molar refractivity (Wildman–Crippen MR) is 109 cm³/mol. The second-order valence-electron chi connectivity index (χ2n) is 7.69. The molecule has 4 nitrogen and oxygen atoms in total. The first kappa shape index (κ1) is 18.9. The number of aromatic nitrogens is 4. The van der Waals surface area contributed by atoms with Crippen molar-refractivity contribution < 1.29 is 18.3 Å². The Morgan fingerprint density at radius 1 is 0.310 bits per heavy atom. The van der Waals surface area contributed by atoms with E-state index in [0.717, 1.165) is 26.2 Å². The van der Waals surface area contributed by atoms with E-state index in [4.69, 9.17) is 0 Å². The van der Waals surface area contributed by atoms with Crippen LogP contribution in [-0.4, -0.2) is 0 Å². The molecular weight excluding hydrogens is 356 g/mol. The van der Waals surface area contributed by atoms with Crippen molar-refractivity contribution in [2.75, 3.05) is 0 Å². The van der Waals surface area contributed by atoms with Gasteiger partial charge in [-0.1, -0.05) is 24.3 Å². The molecule has 0 aliphatic heterocycles. The van der Waals surface area contributed by atoms with Gasteiger partial charge in [0.1, 0.15) is 0 Å². The van der Waals surface area contributed by atoms with Crippen LogP contribution in [0.4, 0.5) is 0 Å². The van der Waals surface area contributed by atoms with Crippen LogP contribution < -0.4 is 18.3 Å². The Labute approximate surface area is 172 Å². The first-order valence-corrected chi connectivity index (χ1v) is 10.1. The van der Waals surface area contributed by atoms with Gasteiger partial charge >= 0.3 is 0 Å². The summed E-state index contributed by atoms with van der Waals surface area (Å²) in [6.45, 7) is 3.66. The lowest BCUT2D eigenvalue weighted by atomic mass is 9.86. The zero-order valence-electron chi connectivity index (χ0n) is 16.7. The minimum absolute atomic E-state index is 0.0317. The number of pyridine rings is 4. The molecule has 29 heavy (non-hydrogen) atoms. The molecule has 0 atom stereocenters. The molecule has 144 valence electrons. The third-order valence-corrected chi connectivity index (χ3v) is 5.18. The van der Waals surface area contributed by atoms with E-state index >= 15 is 0 Å². The van der Waals surface area contributed by atoms with Gasteiger partial charge in [0.15, 0.2) is 75.8 Å². The predicted octanol–water partition coefficient (Wildman–Crippen LogP) is 1.92. The maximum atomic E-state index is 2.30. The maximum absolute atomic E-state index is 2.30. The van der Waals surface area contributed by atoms with Crippen LogP contribution in [0.5, 0.6) is 0 Å². The summed E-state index contributed by atoms with van der Waals surface area (Å²) >= 11 is 0. The molecule has 0 bridgehead atoms. The highest BCUT2D eigenvalue weighted by atomic mass is 15.1. The third kappa shape index (κ3) is 5.32. The van der Waals surface area contributed by atoms with Gasteiger partial charge in [0.25, 0.3) is 0 Å². The summed E-state index contributed by atoms with van der Waals surface area (Å²) in [5.74, 6) is 0. The molecule has 0 spiro atoms. The van der Waals surface area contributed by atoms with Crippen LogP contribution in [0.1, 0.15) is 0 Å². The summed E-state index contributed by atoms with van der Waals surface area (Å²) in [6.07, 6.45) is 17.3. The van der Waals surface area contributed by atoms with Crippen molar-refractivity contribution in [3.05, 3.63) is 122 Å². The van der Waals surface area contributed by atoms with E-state index in [1.54, 1.807) is 0 Å². The van der Waals surface area contributed by atoms with E-state index in [2.05, 4.69) is 141 Å². The lowest BCUT2D eigenvalue weighted by Crippen LogP contribution is -2.62. The Bertz CT molecular complexity index is 818. The summed E-state index contributed by atoms with van der Waals surface area (Å²) in [5.41, 5.74) is -0.0317. The summed E-state index contributed by atoms with van der Waals surface area (Å²) in [4.78, 5) is 0. The molecule has 4 heterocycles. The highest BCUT2D eigenvalue weighted by Gasteiger charge is 2.47. The SMILES string of the molecule is c1cc[n+](CC(C[n+]2ccccc2)(C[n+]2ccccc2)C[n+]2ccccc2)cc1. The molecule has 4 aromatic rings. The van der Waals surface area contributed by atoms with Crippen LogP contribution in [-0.2, 0) is 26.2 Å². The van der Waals surface area contributed by atoms with Crippen molar-refractivity contribution in [2.24, 2.45) is 5.41 Å². The quantitative estimate of drug-likeness (QED) is 0.413. The average molecular weight is 385 g/mol. The van der Waals surface area contributed by atoms with Gasteiger partial charge < -0.3 is 0 Å². The Hall–Kier alpha value is -3.40. The fourth-order valence-corrected chi connectivity index (χ4v) is 4.01. The summed E-state index contributed by atoms with van der Waals surface area (Å²) in [5, 5.41) is 0. The van der Waals surface area contributed by atoms with E-state index in [-0.39, 0.29) is 5.41 Å². The topological polar surface area (TPSA) is 15.5 Å². The van der Waals surface area contributed by atoms with Gasteiger partial charge in [-0.2, -0.15) is 0 Å². The summed E-state index contributed by atoms with van der Waals surface area (Å²) in [7, 11) is 0. The van der Waals surface area contributed by atoms with Gasteiger partial charge in [0.05, 0.1) is 0 Å². The van der Waals surface area contributed by atoms with E-state index in [9.17, 15) is 0 Å². The van der Waals surface area contributed by atoms with Gasteiger partial charge in [-0.15, -0.1) is 0 Å². The summed E-state index contributed by atoms with van der Waals surface area (Å²) in [6, 6.07) is 25.1. The highest BCUT2D eigenvalue weighted by molar-refractivity contribution is 4.87. The molecule has 4 heteroatoms. The second-order valence-corrected chi connectivity index (χ2v) is 7.69. The van der Waals surface area contributed by atoms with E-state index < -0.39 is 0 Å². The van der Waals surface area contributed by atoms with Crippen molar-refractivity contribution in [1.29, 1.82) is 0 Å². The van der Waals surface area contributed by atoms with Crippen LogP contribution in [0.25, 0.3) is 0 Å². The minimum atomic E-state index is -0.0317. The van der Waals surface area contributed by atoms with Crippen molar-refractivity contribution in [2.45, 2.75) is 26.2 Å². The molecule has 0 aliphatic carbocycles. The van der Waals surface area contributed by atoms with Crippen molar-refractivity contribution in [1.82, 2.24) is 0 Å². The van der Waals surface area contributed by atoms with Crippen molar-refractivity contribution >= 4 is 0 Å². The number of rotatable bonds is 8. The fourth-order valence-electron chi connectivity index (χ4n) is 4.01. The Morgan fingerprint density at radius 3 is 0.724 bits per heavy atom. The van der Waals surface area contributed by atoms with E-state index in [0.29, 0.717) is 0 Å². The normalized spacial score (nSPS) is 11.3. The van der Waals surface area contributed by atoms with Crippen LogP contribution in [0.15, 0.2) is 122 Å². The zero-order chi connectivity index (χ0) is 19.8. The van der Waals surface area contributed by atoms with Gasteiger partial charge in [0, 0.05) is 48.5 Å². The first-order valence-electron chi connectivity index (χ1n) is 10.1. The molecule has 0 aromatic carbocycles. The Morgan fingerprint density at radius 2 is 0.517 bits per heavy atom. The standard InChI is InChI=1S/C25H28N4/c1-5-13-26(14-6-1)21-25(22-27-15-7-2-8-16-27,23-28-17-9-3-10-18-28)24-29-19-11-4-12-20-29/h1-20H,21-24H2/q+4. The van der Waals surface area contributed by atoms with Crippen LogP contribution >= 0.6 is 0 Å². The smallest absolute Gasteiger partial charge is 0.204 e. The van der Waals surface area contributed by atoms with Crippen LogP contribution in [0, 0.1) is 5.41 Å². The number of hydrogen-bond donors (Lipinski definition) is 0. The van der Waals surface area contributed by atoms with Crippen molar-refractivity contribution in [3.63, 3.8) is 0 Å². The monoisotopic (exact) mass is 384 g/mol. The molecule has 0 amide bonds. The summed E-state index contributed by atoms with van der Waals surface area (Å²) < 4.78 is 9.21. The van der Waals surface area contributed by atoms with Gasteiger partial charge in [-0.25, -0.2) is 18.3 Å². The molecule has 0 saturated carbocycles. The largest absolute Gasteiger partial charge is 0.204 e. The zero-order valence-corrected chi connectivity index (χ0v) is 16.7. The maximum Gasteiger partial charge on any atom is 0.204 e. The van der Waals surface area contributed by atoms with Crippen LogP contribution in [0.3, 0.4) is 0 Å². The molecule has 0 fully saturated rings. The molecule has 0 N–H and O–H groups in total. The first-order chi connectivity index (χ1) is 14.3. The molecule has 4 aromatic heterocycles. The molecular formula is C25H28N4+4. The van der Waals surface area contributed by atoms with Crippen molar-refractivity contribution in [3.8, 4) is 0 Å². The van der Waals surface area contributed by atoms with Gasteiger partial charge in [0.2, 0.25) is 5.41 Å². The number of hydrogen-bond acceptors (Lipinski definition) is 0. The Kier molecular flexibility index (Phi) is 6.01. The number of nitrogens with zero attached hydrogens (tertiary/aromatic N) is 4. The lowest BCUT2D eigenvalue weighted by molar-refractivity contribution is -0.815. The van der Waals surface area contributed by atoms with E-state index in [1.165, 1.54) is 0 Å². The van der Waals surface area contributed by atoms with Gasteiger partial charge in [-0.05, 0) is 0 Å². The van der Waals surface area contributed by atoms with E-state index in [1.807, 2.05) is 0 Å². The molecule has 4 rings (SSSR count). The molecule has 0 unspecified atom stereocenters. The molecule has 0 radical (unpaired) electrons. The van der Waals surface area contributed by atoms with Crippen LogP contribution in [0.2, 0.25) is 0 Å². The molecule has 0 saturated heterocycles. The van der Waals surface area contributed by atoms with Gasteiger partial charge in [-0.3, -0.25) is 0 Å². The lowest BCUT2D eigenvalue weighted by Gasteiger charge is -2.22. The fraction of sp³-hybridized carbons (Fsp3) is 0.200. The second kappa shape index (κ2) is 9.20.